The van der Waals surface area contributed by atoms with Crippen molar-refractivity contribution in [2.45, 2.75) is 6.92 Å². The summed E-state index contributed by atoms with van der Waals surface area (Å²) >= 11 is 5.82. The molecule has 5 nitrogen and oxygen atoms in total. The van der Waals surface area contributed by atoms with E-state index in [0.717, 1.165) is 0 Å². The van der Waals surface area contributed by atoms with Crippen LogP contribution in [0.3, 0.4) is 0 Å². The van der Waals surface area contributed by atoms with Gasteiger partial charge in [-0.25, -0.2) is 9.97 Å². The van der Waals surface area contributed by atoms with Crippen LogP contribution >= 0.6 is 11.6 Å². The maximum absolute atomic E-state index is 12.0. The minimum absolute atomic E-state index is 0.264. The van der Waals surface area contributed by atoms with Gasteiger partial charge >= 0.3 is 0 Å². The molecule has 2 rings (SSSR count). The van der Waals surface area contributed by atoms with Crippen molar-refractivity contribution in [3.05, 3.63) is 46.9 Å². The molecule has 1 N–H and O–H groups in total. The molecule has 0 aliphatic heterocycles. The lowest BCUT2D eigenvalue weighted by molar-refractivity contribution is 0.102. The second-order valence-corrected chi connectivity index (χ2v) is 4.25. The number of hydrogen-bond donors (Lipinski definition) is 1. The van der Waals surface area contributed by atoms with E-state index in [0.29, 0.717) is 22.8 Å². The number of carbonyl (C=O) groups is 1. The monoisotopic (exact) mass is 277 g/mol. The average molecular weight is 278 g/mol. The van der Waals surface area contributed by atoms with Gasteiger partial charge in [-0.2, -0.15) is 0 Å². The van der Waals surface area contributed by atoms with Gasteiger partial charge in [-0.15, -0.1) is 0 Å². The smallest absolute Gasteiger partial charge is 0.255 e. The summed E-state index contributed by atoms with van der Waals surface area (Å²) in [5, 5.41) is 3.01. The van der Waals surface area contributed by atoms with E-state index in [1.54, 1.807) is 25.1 Å². The van der Waals surface area contributed by atoms with E-state index in [1.807, 2.05) is 0 Å². The van der Waals surface area contributed by atoms with Crippen molar-refractivity contribution < 1.29 is 9.53 Å². The summed E-state index contributed by atoms with van der Waals surface area (Å²) in [6.07, 6.45) is 1.52. The highest BCUT2D eigenvalue weighted by Gasteiger charge is 2.08. The number of aromatic nitrogens is 2. The zero-order valence-electron chi connectivity index (χ0n) is 10.5. The van der Waals surface area contributed by atoms with E-state index in [2.05, 4.69) is 15.3 Å². The summed E-state index contributed by atoms with van der Waals surface area (Å²) in [4.78, 5) is 20.0. The summed E-state index contributed by atoms with van der Waals surface area (Å²) in [6.45, 7) is 1.78. The van der Waals surface area contributed by atoms with E-state index in [-0.39, 0.29) is 11.1 Å². The first-order chi connectivity index (χ1) is 9.08. The quantitative estimate of drug-likeness (QED) is 0.876. The fraction of sp³-hybridized carbons (Fsp3) is 0.154. The molecule has 0 aliphatic rings. The Balaban J connectivity index is 2.15. The molecule has 1 amide bonds. The number of ether oxygens (including phenoxy) is 1. The molecular formula is C13H12ClN3O2. The van der Waals surface area contributed by atoms with Crippen LogP contribution in [0.25, 0.3) is 0 Å². The highest BCUT2D eigenvalue weighted by atomic mass is 35.5. The van der Waals surface area contributed by atoms with Crippen LogP contribution in [0.15, 0.2) is 30.5 Å². The topological polar surface area (TPSA) is 64.1 Å². The van der Waals surface area contributed by atoms with Crippen LogP contribution in [-0.2, 0) is 0 Å². The van der Waals surface area contributed by atoms with E-state index < -0.39 is 0 Å². The lowest BCUT2D eigenvalue weighted by Crippen LogP contribution is -2.12. The van der Waals surface area contributed by atoms with Crippen LogP contribution in [0.1, 0.15) is 16.1 Å². The molecule has 0 aromatic carbocycles. The molecule has 0 saturated carbocycles. The number of aryl methyl sites for hydroxylation is 1. The third-order valence-electron chi connectivity index (χ3n) is 2.39. The van der Waals surface area contributed by atoms with Crippen molar-refractivity contribution in [2.75, 3.05) is 12.4 Å². The normalized spacial score (nSPS) is 10.1. The molecule has 98 valence electrons. The highest BCUT2D eigenvalue weighted by molar-refractivity contribution is 6.29. The number of anilines is 1. The number of methoxy groups -OCH3 is 1. The van der Waals surface area contributed by atoms with Gasteiger partial charge in [-0.1, -0.05) is 11.6 Å². The van der Waals surface area contributed by atoms with Gasteiger partial charge in [0.1, 0.15) is 5.15 Å². The number of halogens is 1. The zero-order chi connectivity index (χ0) is 13.8. The molecule has 0 radical (unpaired) electrons. The average Bonchev–Trinajstić information content (AvgIpc) is 2.38. The molecule has 2 aromatic rings. The molecular weight excluding hydrogens is 266 g/mol. The maximum atomic E-state index is 12.0. The van der Waals surface area contributed by atoms with E-state index in [9.17, 15) is 4.79 Å². The maximum Gasteiger partial charge on any atom is 0.255 e. The Bertz CT molecular complexity index is 579. The molecule has 2 aromatic heterocycles. The molecule has 6 heteroatoms. The predicted octanol–water partition coefficient (Wildman–Crippen LogP) is 2.70. The Kier molecular flexibility index (Phi) is 3.97. The minimum atomic E-state index is -0.264. The van der Waals surface area contributed by atoms with E-state index in [4.69, 9.17) is 16.3 Å². The van der Waals surface area contributed by atoms with Gasteiger partial charge in [-0.05, 0) is 25.1 Å². The van der Waals surface area contributed by atoms with Crippen molar-refractivity contribution in [3.8, 4) is 5.88 Å². The predicted molar refractivity (Wildman–Crippen MR) is 72.7 cm³/mol. The van der Waals surface area contributed by atoms with Crippen molar-refractivity contribution in [2.24, 2.45) is 0 Å². The van der Waals surface area contributed by atoms with E-state index >= 15 is 0 Å². The second kappa shape index (κ2) is 5.67. The van der Waals surface area contributed by atoms with Gasteiger partial charge in [0.15, 0.2) is 0 Å². The summed E-state index contributed by atoms with van der Waals surface area (Å²) < 4.78 is 4.94. The Morgan fingerprint density at radius 1 is 1.37 bits per heavy atom. The number of nitrogens with one attached hydrogen (secondary N) is 1. The van der Waals surface area contributed by atoms with Gasteiger partial charge in [0, 0.05) is 17.3 Å². The van der Waals surface area contributed by atoms with Crippen molar-refractivity contribution in [1.29, 1.82) is 0 Å². The Hall–Kier alpha value is -2.14. The summed E-state index contributed by atoms with van der Waals surface area (Å²) in [5.41, 5.74) is 1.72. The van der Waals surface area contributed by atoms with Gasteiger partial charge in [-0.3, -0.25) is 4.79 Å². The number of nitrogens with zero attached hydrogens (tertiary/aromatic N) is 2. The van der Waals surface area contributed by atoms with Gasteiger partial charge in [0.2, 0.25) is 5.88 Å². The first-order valence-electron chi connectivity index (χ1n) is 5.54. The third kappa shape index (κ3) is 3.42. The number of pyridine rings is 2. The van der Waals surface area contributed by atoms with Crippen molar-refractivity contribution >= 4 is 23.2 Å². The fourth-order valence-corrected chi connectivity index (χ4v) is 1.79. The molecule has 2 heterocycles. The number of hydrogen-bond acceptors (Lipinski definition) is 4. The Morgan fingerprint density at radius 2 is 2.16 bits per heavy atom. The number of rotatable bonds is 3. The summed E-state index contributed by atoms with van der Waals surface area (Å²) in [7, 11) is 1.53. The SMILES string of the molecule is COc1ccc(NC(=O)c2cc(C)nc(Cl)c2)cn1. The Labute approximate surface area is 115 Å². The first-order valence-corrected chi connectivity index (χ1v) is 5.92. The van der Waals surface area contributed by atoms with Crippen LogP contribution in [-0.4, -0.2) is 23.0 Å². The third-order valence-corrected chi connectivity index (χ3v) is 2.58. The molecule has 0 spiro atoms. The molecule has 19 heavy (non-hydrogen) atoms. The molecule has 0 fully saturated rings. The number of carbonyl (C=O) groups excluding carboxylic acids is 1. The van der Waals surface area contributed by atoms with Crippen LogP contribution in [0.2, 0.25) is 5.15 Å². The summed E-state index contributed by atoms with van der Waals surface area (Å²) in [6, 6.07) is 6.55. The van der Waals surface area contributed by atoms with Crippen molar-refractivity contribution in [1.82, 2.24) is 9.97 Å². The molecule has 0 bridgehead atoms. The fourth-order valence-electron chi connectivity index (χ4n) is 1.54. The summed E-state index contributed by atoms with van der Waals surface area (Å²) in [5.74, 6) is 0.222. The van der Waals surface area contributed by atoms with Crippen LogP contribution < -0.4 is 10.1 Å². The van der Waals surface area contributed by atoms with Gasteiger partial charge in [0.25, 0.3) is 5.91 Å². The zero-order valence-corrected chi connectivity index (χ0v) is 11.2. The van der Waals surface area contributed by atoms with E-state index in [1.165, 1.54) is 19.4 Å². The standard InChI is InChI=1S/C13H12ClN3O2/c1-8-5-9(6-11(14)16-8)13(18)17-10-3-4-12(19-2)15-7-10/h3-7H,1-2H3,(H,17,18). The molecule has 0 atom stereocenters. The van der Waals surface area contributed by atoms with Crippen LogP contribution in [0, 0.1) is 6.92 Å². The van der Waals surface area contributed by atoms with Crippen molar-refractivity contribution in [3.63, 3.8) is 0 Å². The lowest BCUT2D eigenvalue weighted by Gasteiger charge is -2.06. The first kappa shape index (κ1) is 13.3. The van der Waals surface area contributed by atoms with Gasteiger partial charge in [0.05, 0.1) is 19.0 Å². The lowest BCUT2D eigenvalue weighted by atomic mass is 10.2. The molecule has 0 saturated heterocycles. The highest BCUT2D eigenvalue weighted by Crippen LogP contribution is 2.14. The van der Waals surface area contributed by atoms with Crippen LogP contribution in [0.4, 0.5) is 5.69 Å². The Morgan fingerprint density at radius 3 is 2.74 bits per heavy atom. The van der Waals surface area contributed by atoms with Gasteiger partial charge < -0.3 is 10.1 Å². The largest absolute Gasteiger partial charge is 0.481 e. The minimum Gasteiger partial charge on any atom is -0.481 e. The van der Waals surface area contributed by atoms with Crippen LogP contribution in [0.5, 0.6) is 5.88 Å². The second-order valence-electron chi connectivity index (χ2n) is 3.86. The number of amides is 1. The molecule has 0 unspecified atom stereocenters. The molecule has 0 aliphatic carbocycles.